The fraction of sp³-hybridized carbons (Fsp3) is 0.238. The molecular weight excluding hydrogens is 345 g/mol. The van der Waals surface area contributed by atoms with Crippen LogP contribution < -0.4 is 10.6 Å². The molecule has 0 unspecified atom stereocenters. The number of likely N-dealkylation sites (N-methyl/N-ethyl adjacent to an activating group) is 1. The third-order valence-electron chi connectivity index (χ3n) is 4.06. The van der Waals surface area contributed by atoms with E-state index in [9.17, 15) is 14.0 Å². The summed E-state index contributed by atoms with van der Waals surface area (Å²) in [5.41, 5.74) is 7.14. The molecular formula is C21H24FN3O2. The Balaban J connectivity index is 2.51. The predicted molar refractivity (Wildman–Crippen MR) is 106 cm³/mol. The van der Waals surface area contributed by atoms with Gasteiger partial charge in [-0.15, -0.1) is 0 Å². The van der Waals surface area contributed by atoms with Gasteiger partial charge in [0.1, 0.15) is 11.4 Å². The van der Waals surface area contributed by atoms with Crippen LogP contribution in [-0.2, 0) is 9.59 Å². The van der Waals surface area contributed by atoms with Crippen molar-refractivity contribution >= 4 is 23.1 Å². The highest BCUT2D eigenvalue weighted by molar-refractivity contribution is 6.27. The lowest BCUT2D eigenvalue weighted by Gasteiger charge is -2.26. The highest BCUT2D eigenvalue weighted by Gasteiger charge is 2.26. The number of hydrogen-bond acceptors (Lipinski definition) is 4. The second-order valence-electron chi connectivity index (χ2n) is 6.45. The number of halogens is 1. The number of ketones is 1. The Labute approximate surface area is 158 Å². The SMILES string of the molecule is CC(=O)C(C(=O)N(CCN(C)C)c1cccc(F)c1)=C(N)c1ccccc1. The highest BCUT2D eigenvalue weighted by Crippen LogP contribution is 2.22. The average molecular weight is 369 g/mol. The van der Waals surface area contributed by atoms with E-state index in [4.69, 9.17) is 5.73 Å². The Hall–Kier alpha value is -2.99. The molecule has 27 heavy (non-hydrogen) atoms. The summed E-state index contributed by atoms with van der Waals surface area (Å²) < 4.78 is 13.7. The van der Waals surface area contributed by atoms with Crippen molar-refractivity contribution in [3.63, 3.8) is 0 Å². The lowest BCUT2D eigenvalue weighted by atomic mass is 10.0. The van der Waals surface area contributed by atoms with Gasteiger partial charge in [0.2, 0.25) is 0 Å². The van der Waals surface area contributed by atoms with Crippen LogP contribution in [-0.4, -0.2) is 43.8 Å². The zero-order valence-electron chi connectivity index (χ0n) is 15.8. The lowest BCUT2D eigenvalue weighted by Crippen LogP contribution is -2.39. The molecule has 0 heterocycles. The van der Waals surface area contributed by atoms with Gasteiger partial charge in [-0.25, -0.2) is 4.39 Å². The molecule has 6 heteroatoms. The van der Waals surface area contributed by atoms with E-state index in [2.05, 4.69) is 0 Å². The van der Waals surface area contributed by atoms with E-state index in [1.807, 2.05) is 25.1 Å². The zero-order chi connectivity index (χ0) is 20.0. The van der Waals surface area contributed by atoms with Crippen molar-refractivity contribution in [3.8, 4) is 0 Å². The number of benzene rings is 2. The maximum absolute atomic E-state index is 13.7. The minimum atomic E-state index is -0.545. The molecule has 2 rings (SSSR count). The Morgan fingerprint density at radius 2 is 1.67 bits per heavy atom. The third kappa shape index (κ3) is 5.24. The maximum atomic E-state index is 13.7. The summed E-state index contributed by atoms with van der Waals surface area (Å²) in [4.78, 5) is 28.8. The number of nitrogens with zero attached hydrogens (tertiary/aromatic N) is 2. The van der Waals surface area contributed by atoms with Crippen molar-refractivity contribution in [1.82, 2.24) is 4.90 Å². The van der Waals surface area contributed by atoms with Gasteiger partial charge in [0, 0.05) is 18.8 Å². The summed E-state index contributed by atoms with van der Waals surface area (Å²) in [5.74, 6) is -1.44. The number of Topliss-reactive ketones (excluding diaryl/α,β-unsaturated/α-hetero) is 1. The van der Waals surface area contributed by atoms with E-state index < -0.39 is 17.5 Å². The Kier molecular flexibility index (Phi) is 6.85. The van der Waals surface area contributed by atoms with Crippen LogP contribution in [0, 0.1) is 5.82 Å². The number of nitrogens with two attached hydrogens (primary N) is 1. The number of hydrogen-bond donors (Lipinski definition) is 1. The number of carbonyl (C=O) groups excluding carboxylic acids is 2. The van der Waals surface area contributed by atoms with Crippen molar-refractivity contribution in [2.45, 2.75) is 6.92 Å². The zero-order valence-corrected chi connectivity index (χ0v) is 15.8. The summed E-state index contributed by atoms with van der Waals surface area (Å²) >= 11 is 0. The second-order valence-corrected chi connectivity index (χ2v) is 6.45. The molecule has 0 fully saturated rings. The van der Waals surface area contributed by atoms with E-state index in [0.717, 1.165) is 0 Å². The monoisotopic (exact) mass is 369 g/mol. The first-order chi connectivity index (χ1) is 12.8. The van der Waals surface area contributed by atoms with Crippen LogP contribution in [0.4, 0.5) is 10.1 Å². The third-order valence-corrected chi connectivity index (χ3v) is 4.06. The van der Waals surface area contributed by atoms with Crippen molar-refractivity contribution < 1.29 is 14.0 Å². The van der Waals surface area contributed by atoms with Crippen LogP contribution in [0.1, 0.15) is 12.5 Å². The van der Waals surface area contributed by atoms with Crippen LogP contribution in [0.3, 0.4) is 0 Å². The Morgan fingerprint density at radius 3 is 2.22 bits per heavy atom. The van der Waals surface area contributed by atoms with Gasteiger partial charge in [-0.3, -0.25) is 9.59 Å². The van der Waals surface area contributed by atoms with Crippen LogP contribution in [0.25, 0.3) is 5.70 Å². The van der Waals surface area contributed by atoms with Gasteiger partial charge in [-0.05, 0) is 44.8 Å². The molecule has 0 bridgehead atoms. The highest BCUT2D eigenvalue weighted by atomic mass is 19.1. The average Bonchev–Trinajstić information content (AvgIpc) is 2.62. The van der Waals surface area contributed by atoms with Crippen molar-refractivity contribution in [1.29, 1.82) is 0 Å². The molecule has 142 valence electrons. The molecule has 0 aliphatic heterocycles. The summed E-state index contributed by atoms with van der Waals surface area (Å²) in [6.07, 6.45) is 0. The number of amides is 1. The summed E-state index contributed by atoms with van der Waals surface area (Å²) in [6, 6.07) is 14.6. The molecule has 0 saturated carbocycles. The van der Waals surface area contributed by atoms with E-state index in [1.54, 1.807) is 30.3 Å². The van der Waals surface area contributed by atoms with Crippen molar-refractivity contribution in [2.75, 3.05) is 32.1 Å². The van der Waals surface area contributed by atoms with Crippen molar-refractivity contribution in [2.24, 2.45) is 5.73 Å². The molecule has 1 amide bonds. The standard InChI is InChI=1S/C21H24FN3O2/c1-15(26)19(20(23)16-8-5-4-6-9-16)21(27)25(13-12-24(2)3)18-11-7-10-17(22)14-18/h4-11,14H,12-13,23H2,1-3H3. The van der Waals surface area contributed by atoms with Crippen LogP contribution in [0.15, 0.2) is 60.2 Å². The van der Waals surface area contributed by atoms with Gasteiger partial charge >= 0.3 is 0 Å². The van der Waals surface area contributed by atoms with E-state index >= 15 is 0 Å². The number of anilines is 1. The van der Waals surface area contributed by atoms with E-state index in [0.29, 0.717) is 17.8 Å². The fourth-order valence-corrected chi connectivity index (χ4v) is 2.64. The molecule has 0 aliphatic carbocycles. The minimum Gasteiger partial charge on any atom is -0.397 e. The quantitative estimate of drug-likeness (QED) is 0.463. The summed E-state index contributed by atoms with van der Waals surface area (Å²) in [6.45, 7) is 2.13. The van der Waals surface area contributed by atoms with Gasteiger partial charge in [0.25, 0.3) is 5.91 Å². The Bertz CT molecular complexity index is 848. The van der Waals surface area contributed by atoms with Crippen LogP contribution >= 0.6 is 0 Å². The molecule has 0 saturated heterocycles. The van der Waals surface area contributed by atoms with E-state index in [1.165, 1.54) is 30.0 Å². The normalized spacial score (nSPS) is 11.9. The van der Waals surface area contributed by atoms with Gasteiger partial charge in [-0.2, -0.15) is 0 Å². The molecule has 0 aromatic heterocycles. The van der Waals surface area contributed by atoms with Gasteiger partial charge in [-0.1, -0.05) is 36.4 Å². The predicted octanol–water partition coefficient (Wildman–Crippen LogP) is 2.68. The maximum Gasteiger partial charge on any atom is 0.264 e. The molecule has 2 N–H and O–H groups in total. The smallest absolute Gasteiger partial charge is 0.264 e. The van der Waals surface area contributed by atoms with Crippen molar-refractivity contribution in [3.05, 3.63) is 71.6 Å². The van der Waals surface area contributed by atoms with Gasteiger partial charge < -0.3 is 15.5 Å². The molecule has 0 spiro atoms. The minimum absolute atomic E-state index is 0.107. The van der Waals surface area contributed by atoms with Crippen LogP contribution in [0.2, 0.25) is 0 Å². The summed E-state index contributed by atoms with van der Waals surface area (Å²) in [7, 11) is 3.74. The first kappa shape index (κ1) is 20.3. The molecule has 2 aromatic rings. The summed E-state index contributed by atoms with van der Waals surface area (Å²) in [5, 5.41) is 0. The molecule has 2 aromatic carbocycles. The van der Waals surface area contributed by atoms with Crippen LogP contribution in [0.5, 0.6) is 0 Å². The molecule has 0 radical (unpaired) electrons. The first-order valence-corrected chi connectivity index (χ1v) is 8.59. The number of carbonyl (C=O) groups is 2. The Morgan fingerprint density at radius 1 is 1.00 bits per heavy atom. The number of rotatable bonds is 7. The molecule has 5 nitrogen and oxygen atoms in total. The van der Waals surface area contributed by atoms with Gasteiger partial charge in [0.15, 0.2) is 5.78 Å². The van der Waals surface area contributed by atoms with Gasteiger partial charge in [0.05, 0.1) is 5.70 Å². The molecule has 0 atom stereocenters. The fourth-order valence-electron chi connectivity index (χ4n) is 2.64. The lowest BCUT2D eigenvalue weighted by molar-refractivity contribution is -0.120. The second kappa shape index (κ2) is 9.09. The molecule has 0 aliphatic rings. The first-order valence-electron chi connectivity index (χ1n) is 8.59. The topological polar surface area (TPSA) is 66.6 Å². The van der Waals surface area contributed by atoms with E-state index in [-0.39, 0.29) is 17.8 Å². The largest absolute Gasteiger partial charge is 0.397 e.